The van der Waals surface area contributed by atoms with Crippen LogP contribution < -0.4 is 14.8 Å². The predicted molar refractivity (Wildman–Crippen MR) is 117 cm³/mol. The molecular formula is C24H20F2N2O3S. The molecule has 1 amide bonds. The molecule has 3 rings (SSSR count). The maximum Gasteiger partial charge on any atom is 0.387 e. The second-order valence-electron chi connectivity index (χ2n) is 6.58. The quantitative estimate of drug-likeness (QED) is 0.476. The third-order valence-electron chi connectivity index (χ3n) is 4.50. The van der Waals surface area contributed by atoms with E-state index in [1.54, 1.807) is 36.4 Å². The minimum atomic E-state index is -2.94. The number of carbonyl (C=O) groups excluding carboxylic acids is 1. The first-order valence-electron chi connectivity index (χ1n) is 9.67. The summed E-state index contributed by atoms with van der Waals surface area (Å²) in [5.41, 5.74) is 1.85. The second kappa shape index (κ2) is 11.2. The van der Waals surface area contributed by atoms with E-state index in [1.165, 1.54) is 24.9 Å². The Morgan fingerprint density at radius 3 is 2.50 bits per heavy atom. The lowest BCUT2D eigenvalue weighted by Gasteiger charge is -2.12. The zero-order valence-electron chi connectivity index (χ0n) is 17.2. The molecule has 8 heteroatoms. The van der Waals surface area contributed by atoms with Gasteiger partial charge in [0.15, 0.2) is 11.5 Å². The van der Waals surface area contributed by atoms with Crippen molar-refractivity contribution in [3.63, 3.8) is 0 Å². The molecular weight excluding hydrogens is 434 g/mol. The highest BCUT2D eigenvalue weighted by Crippen LogP contribution is 2.33. The lowest BCUT2D eigenvalue weighted by molar-refractivity contribution is -0.0512. The number of amides is 1. The number of nitrogens with zero attached hydrogens (tertiary/aromatic N) is 1. The fraction of sp³-hybridized carbons (Fsp3) is 0.167. The molecule has 0 aliphatic carbocycles. The van der Waals surface area contributed by atoms with Crippen molar-refractivity contribution < 1.29 is 23.0 Å². The fourth-order valence-electron chi connectivity index (χ4n) is 2.99. The third-order valence-corrected chi connectivity index (χ3v) is 5.65. The monoisotopic (exact) mass is 454 g/mol. The Hall–Kier alpha value is -3.57. The van der Waals surface area contributed by atoms with E-state index in [9.17, 15) is 18.8 Å². The van der Waals surface area contributed by atoms with Gasteiger partial charge in [-0.25, -0.2) is 0 Å². The number of methoxy groups -OCH3 is 1. The van der Waals surface area contributed by atoms with Crippen molar-refractivity contribution in [2.45, 2.75) is 22.8 Å². The standard InChI is InChI=1S/C24H20F2N2O3S/c1-30-20-14-16(10-11-19(20)31-24(25)26)12-13-28-23(29)18-7-3-5-9-22(18)32-21-8-4-2-6-17(21)15-27/h2-11,14,24H,12-13H2,1H3,(H,28,29). The van der Waals surface area contributed by atoms with Crippen LogP contribution in [-0.2, 0) is 6.42 Å². The van der Waals surface area contributed by atoms with Crippen LogP contribution in [0.5, 0.6) is 11.5 Å². The Morgan fingerprint density at radius 2 is 1.78 bits per heavy atom. The Kier molecular flexibility index (Phi) is 8.06. The summed E-state index contributed by atoms with van der Waals surface area (Å²) < 4.78 is 34.4. The van der Waals surface area contributed by atoms with Gasteiger partial charge in [0.05, 0.1) is 18.2 Å². The number of benzene rings is 3. The van der Waals surface area contributed by atoms with Crippen molar-refractivity contribution in [3.05, 3.63) is 83.4 Å². The average Bonchev–Trinajstić information content (AvgIpc) is 2.80. The van der Waals surface area contributed by atoms with E-state index in [4.69, 9.17) is 4.74 Å². The number of nitrogens with one attached hydrogen (secondary N) is 1. The van der Waals surface area contributed by atoms with Crippen LogP contribution in [0.15, 0.2) is 76.5 Å². The van der Waals surface area contributed by atoms with Crippen LogP contribution in [0.25, 0.3) is 0 Å². The lowest BCUT2D eigenvalue weighted by Crippen LogP contribution is -2.26. The van der Waals surface area contributed by atoms with Gasteiger partial charge < -0.3 is 14.8 Å². The van der Waals surface area contributed by atoms with Gasteiger partial charge in [0.25, 0.3) is 5.91 Å². The first-order chi connectivity index (χ1) is 15.5. The highest BCUT2D eigenvalue weighted by molar-refractivity contribution is 7.99. The molecule has 0 unspecified atom stereocenters. The summed E-state index contributed by atoms with van der Waals surface area (Å²) in [6, 6.07) is 21.2. The summed E-state index contributed by atoms with van der Waals surface area (Å²) in [4.78, 5) is 14.3. The summed E-state index contributed by atoms with van der Waals surface area (Å²) in [6.07, 6.45) is 0.476. The molecule has 0 saturated carbocycles. The van der Waals surface area contributed by atoms with Crippen LogP contribution in [0.3, 0.4) is 0 Å². The number of carbonyl (C=O) groups is 1. The van der Waals surface area contributed by atoms with E-state index in [2.05, 4.69) is 16.1 Å². The molecule has 5 nitrogen and oxygen atoms in total. The van der Waals surface area contributed by atoms with Crippen molar-refractivity contribution in [3.8, 4) is 17.6 Å². The number of alkyl halides is 2. The van der Waals surface area contributed by atoms with Crippen molar-refractivity contribution in [2.24, 2.45) is 0 Å². The molecule has 0 aliphatic heterocycles. The van der Waals surface area contributed by atoms with E-state index in [0.29, 0.717) is 24.1 Å². The Bertz CT molecular complexity index is 1130. The van der Waals surface area contributed by atoms with E-state index in [0.717, 1.165) is 15.4 Å². The van der Waals surface area contributed by atoms with Gasteiger partial charge in [-0.15, -0.1) is 0 Å². The van der Waals surface area contributed by atoms with E-state index < -0.39 is 6.61 Å². The minimum absolute atomic E-state index is 0.0427. The van der Waals surface area contributed by atoms with Crippen LogP contribution in [0, 0.1) is 11.3 Å². The van der Waals surface area contributed by atoms with Gasteiger partial charge in [-0.3, -0.25) is 4.79 Å². The number of rotatable bonds is 9. The summed E-state index contributed by atoms with van der Waals surface area (Å²) in [5.74, 6) is -0.0851. The van der Waals surface area contributed by atoms with Gasteiger partial charge in [-0.1, -0.05) is 42.1 Å². The topological polar surface area (TPSA) is 71.3 Å². The smallest absolute Gasteiger partial charge is 0.387 e. The van der Waals surface area contributed by atoms with Gasteiger partial charge in [-0.05, 0) is 48.4 Å². The Labute approximate surface area is 189 Å². The summed E-state index contributed by atoms with van der Waals surface area (Å²) >= 11 is 1.36. The SMILES string of the molecule is COc1cc(CCNC(=O)c2ccccc2Sc2ccccc2C#N)ccc1OC(F)F. The van der Waals surface area contributed by atoms with Crippen LogP contribution in [0.4, 0.5) is 8.78 Å². The molecule has 0 spiro atoms. The molecule has 32 heavy (non-hydrogen) atoms. The highest BCUT2D eigenvalue weighted by Gasteiger charge is 2.14. The number of halogens is 2. The normalized spacial score (nSPS) is 10.5. The van der Waals surface area contributed by atoms with Gasteiger partial charge in [-0.2, -0.15) is 14.0 Å². The number of hydrogen-bond acceptors (Lipinski definition) is 5. The zero-order valence-corrected chi connectivity index (χ0v) is 18.0. The molecule has 1 N–H and O–H groups in total. The molecule has 164 valence electrons. The second-order valence-corrected chi connectivity index (χ2v) is 7.66. The molecule has 0 saturated heterocycles. The fourth-order valence-corrected chi connectivity index (χ4v) is 4.01. The van der Waals surface area contributed by atoms with Gasteiger partial charge in [0, 0.05) is 16.3 Å². The van der Waals surface area contributed by atoms with Gasteiger partial charge in [0.2, 0.25) is 0 Å². The molecule has 0 aromatic heterocycles. The van der Waals surface area contributed by atoms with Crippen molar-refractivity contribution in [1.82, 2.24) is 5.32 Å². The Morgan fingerprint density at radius 1 is 1.06 bits per heavy atom. The third kappa shape index (κ3) is 5.99. The largest absolute Gasteiger partial charge is 0.493 e. The zero-order chi connectivity index (χ0) is 22.9. The van der Waals surface area contributed by atoms with Crippen molar-refractivity contribution >= 4 is 17.7 Å². The highest BCUT2D eigenvalue weighted by atomic mass is 32.2. The van der Waals surface area contributed by atoms with Gasteiger partial charge >= 0.3 is 6.61 Å². The molecule has 0 atom stereocenters. The first-order valence-corrected chi connectivity index (χ1v) is 10.5. The molecule has 3 aromatic rings. The number of nitriles is 1. The summed E-state index contributed by atoms with van der Waals surface area (Å²) in [7, 11) is 1.37. The molecule has 0 bridgehead atoms. The molecule has 0 aliphatic rings. The molecule has 0 heterocycles. The maximum absolute atomic E-state index is 12.8. The van der Waals surface area contributed by atoms with E-state index in [1.807, 2.05) is 24.3 Å². The molecule has 0 radical (unpaired) electrons. The molecule has 3 aromatic carbocycles. The first kappa shape index (κ1) is 23.1. The summed E-state index contributed by atoms with van der Waals surface area (Å²) in [6.45, 7) is -2.60. The lowest BCUT2D eigenvalue weighted by atomic mass is 10.1. The summed E-state index contributed by atoms with van der Waals surface area (Å²) in [5, 5.41) is 12.2. The Balaban J connectivity index is 1.65. The van der Waals surface area contributed by atoms with Crippen molar-refractivity contribution in [2.75, 3.05) is 13.7 Å². The van der Waals surface area contributed by atoms with Crippen molar-refractivity contribution in [1.29, 1.82) is 5.26 Å². The van der Waals surface area contributed by atoms with Crippen LogP contribution in [-0.4, -0.2) is 26.2 Å². The molecule has 0 fully saturated rings. The van der Waals surface area contributed by atoms with E-state index >= 15 is 0 Å². The number of ether oxygens (including phenoxy) is 2. The van der Waals surface area contributed by atoms with Crippen LogP contribution >= 0.6 is 11.8 Å². The maximum atomic E-state index is 12.8. The van der Waals surface area contributed by atoms with Gasteiger partial charge in [0.1, 0.15) is 6.07 Å². The number of hydrogen-bond donors (Lipinski definition) is 1. The van der Waals surface area contributed by atoms with E-state index in [-0.39, 0.29) is 17.4 Å². The van der Waals surface area contributed by atoms with Crippen LogP contribution in [0.1, 0.15) is 21.5 Å². The predicted octanol–water partition coefficient (Wildman–Crippen LogP) is 5.29. The minimum Gasteiger partial charge on any atom is -0.493 e. The average molecular weight is 454 g/mol. The van der Waals surface area contributed by atoms with Crippen LogP contribution in [0.2, 0.25) is 0 Å².